The Bertz CT molecular complexity index is 785. The van der Waals surface area contributed by atoms with Crippen molar-refractivity contribution in [3.05, 3.63) is 77.4 Å². The molecule has 0 N–H and O–H groups in total. The van der Waals surface area contributed by atoms with Gasteiger partial charge in [0.1, 0.15) is 12.4 Å². The molecule has 0 aliphatic carbocycles. The summed E-state index contributed by atoms with van der Waals surface area (Å²) in [6.45, 7) is 2.41. The van der Waals surface area contributed by atoms with Gasteiger partial charge in [-0.1, -0.05) is 54.1 Å². The summed E-state index contributed by atoms with van der Waals surface area (Å²) in [6.07, 6.45) is 0.839. The molecule has 104 valence electrons. The highest BCUT2D eigenvalue weighted by Gasteiger charge is 2.05. The lowest BCUT2D eigenvalue weighted by Crippen LogP contribution is -1.99. The van der Waals surface area contributed by atoms with Crippen LogP contribution in [-0.2, 0) is 6.61 Å². The minimum atomic E-state index is 0.450. The molecule has 3 rings (SSSR count). The molecule has 0 heterocycles. The van der Waals surface area contributed by atoms with Crippen LogP contribution in [0.5, 0.6) is 5.75 Å². The molecule has 2 heteroatoms. The average Bonchev–Trinajstić information content (AvgIpc) is 2.53. The molecule has 3 aromatic rings. The fraction of sp³-hybridized carbons (Fsp3) is 0.105. The van der Waals surface area contributed by atoms with Crippen molar-refractivity contribution in [2.45, 2.75) is 13.5 Å². The highest BCUT2D eigenvalue weighted by atomic mass is 16.5. The minimum absolute atomic E-state index is 0.450. The summed E-state index contributed by atoms with van der Waals surface area (Å²) in [5, 5.41) is 2.37. The first-order chi connectivity index (χ1) is 10.3. The third-order valence-corrected chi connectivity index (χ3v) is 3.56. The molecule has 0 bridgehead atoms. The number of hydrogen-bond acceptors (Lipinski definition) is 2. The fourth-order valence-electron chi connectivity index (χ4n) is 2.47. The summed E-state index contributed by atoms with van der Waals surface area (Å²) in [7, 11) is 0. The lowest BCUT2D eigenvalue weighted by atomic mass is 10.1. The van der Waals surface area contributed by atoms with E-state index in [1.165, 1.54) is 10.8 Å². The Morgan fingerprint density at radius 2 is 1.81 bits per heavy atom. The highest BCUT2D eigenvalue weighted by Crippen LogP contribution is 2.23. The van der Waals surface area contributed by atoms with Crippen molar-refractivity contribution in [3.63, 3.8) is 0 Å². The molecule has 0 spiro atoms. The second-order valence-electron chi connectivity index (χ2n) is 5.09. The quantitative estimate of drug-likeness (QED) is 0.654. The number of aldehydes is 1. The number of aryl methyl sites for hydroxylation is 1. The van der Waals surface area contributed by atoms with Crippen molar-refractivity contribution in [2.75, 3.05) is 0 Å². The van der Waals surface area contributed by atoms with Crippen LogP contribution in [0.4, 0.5) is 0 Å². The molecule has 0 aliphatic heterocycles. The summed E-state index contributed by atoms with van der Waals surface area (Å²) in [5.74, 6) is 0.628. The van der Waals surface area contributed by atoms with E-state index in [-0.39, 0.29) is 0 Å². The molecular formula is C19H16O2. The van der Waals surface area contributed by atoms with E-state index in [2.05, 4.69) is 24.3 Å². The maximum atomic E-state index is 11.1. The molecule has 0 unspecified atom stereocenters. The maximum absolute atomic E-state index is 11.1. The summed E-state index contributed by atoms with van der Waals surface area (Å²) in [5.41, 5.74) is 2.76. The number of carbonyl (C=O) groups is 1. The lowest BCUT2D eigenvalue weighted by molar-refractivity contribution is 0.111. The second-order valence-corrected chi connectivity index (χ2v) is 5.09. The smallest absolute Gasteiger partial charge is 0.153 e. The molecule has 21 heavy (non-hydrogen) atoms. The normalized spacial score (nSPS) is 10.5. The lowest BCUT2D eigenvalue weighted by Gasteiger charge is -2.11. The first kappa shape index (κ1) is 13.4. The SMILES string of the molecule is Cc1ccc(OCc2cccc3ccccc23)c(C=O)c1. The predicted octanol–water partition coefficient (Wildman–Crippen LogP) is 4.54. The summed E-state index contributed by atoms with van der Waals surface area (Å²) in [6, 6.07) is 20.0. The van der Waals surface area contributed by atoms with Gasteiger partial charge in [0.15, 0.2) is 6.29 Å². The van der Waals surface area contributed by atoms with Crippen LogP contribution in [0.15, 0.2) is 60.7 Å². The van der Waals surface area contributed by atoms with Crippen molar-refractivity contribution in [3.8, 4) is 5.75 Å². The standard InChI is InChI=1S/C19H16O2/c1-14-9-10-19(17(11-14)12-20)21-13-16-7-4-6-15-5-2-3-8-18(15)16/h2-12H,13H2,1H3. The van der Waals surface area contributed by atoms with Gasteiger partial charge >= 0.3 is 0 Å². The molecule has 3 aromatic carbocycles. The van der Waals surface area contributed by atoms with Crippen molar-refractivity contribution >= 4 is 17.1 Å². The Morgan fingerprint density at radius 3 is 2.67 bits per heavy atom. The van der Waals surface area contributed by atoms with Gasteiger partial charge in [0.25, 0.3) is 0 Å². The summed E-state index contributed by atoms with van der Waals surface area (Å²) in [4.78, 5) is 11.1. The Labute approximate surface area is 124 Å². The van der Waals surface area contributed by atoms with E-state index < -0.39 is 0 Å². The molecule has 2 nitrogen and oxygen atoms in total. The van der Waals surface area contributed by atoms with Gasteiger partial charge in [0.05, 0.1) is 5.56 Å². The van der Waals surface area contributed by atoms with E-state index in [0.29, 0.717) is 17.9 Å². The number of carbonyl (C=O) groups excluding carboxylic acids is 1. The van der Waals surface area contributed by atoms with Crippen molar-refractivity contribution in [1.29, 1.82) is 0 Å². The van der Waals surface area contributed by atoms with Crippen LogP contribution in [0.2, 0.25) is 0 Å². The van der Waals surface area contributed by atoms with E-state index in [1.807, 2.05) is 43.3 Å². The summed E-state index contributed by atoms with van der Waals surface area (Å²) >= 11 is 0. The number of ether oxygens (including phenoxy) is 1. The second kappa shape index (κ2) is 5.80. The zero-order valence-electron chi connectivity index (χ0n) is 11.9. The molecule has 0 amide bonds. The van der Waals surface area contributed by atoms with Gasteiger partial charge in [-0.2, -0.15) is 0 Å². The average molecular weight is 276 g/mol. The monoisotopic (exact) mass is 276 g/mol. The first-order valence-corrected chi connectivity index (χ1v) is 6.93. The van der Waals surface area contributed by atoms with Crippen LogP contribution in [0, 0.1) is 6.92 Å². The van der Waals surface area contributed by atoms with Crippen molar-refractivity contribution < 1.29 is 9.53 Å². The molecule has 0 fully saturated rings. The van der Waals surface area contributed by atoms with E-state index in [1.54, 1.807) is 0 Å². The molecule has 0 saturated carbocycles. The maximum Gasteiger partial charge on any atom is 0.153 e. The highest BCUT2D eigenvalue weighted by molar-refractivity contribution is 5.85. The first-order valence-electron chi connectivity index (χ1n) is 6.93. The van der Waals surface area contributed by atoms with Crippen LogP contribution in [0.3, 0.4) is 0 Å². The Balaban J connectivity index is 1.89. The van der Waals surface area contributed by atoms with Gasteiger partial charge in [-0.25, -0.2) is 0 Å². The number of hydrogen-bond donors (Lipinski definition) is 0. The Hall–Kier alpha value is -2.61. The third-order valence-electron chi connectivity index (χ3n) is 3.56. The number of rotatable bonds is 4. The van der Waals surface area contributed by atoms with E-state index in [0.717, 1.165) is 17.4 Å². The number of fused-ring (bicyclic) bond motifs is 1. The molecule has 0 aromatic heterocycles. The zero-order valence-corrected chi connectivity index (χ0v) is 11.9. The number of benzene rings is 3. The van der Waals surface area contributed by atoms with E-state index >= 15 is 0 Å². The van der Waals surface area contributed by atoms with Gasteiger partial charge in [0, 0.05) is 0 Å². The van der Waals surface area contributed by atoms with Crippen molar-refractivity contribution in [2.24, 2.45) is 0 Å². The van der Waals surface area contributed by atoms with Gasteiger partial charge in [-0.15, -0.1) is 0 Å². The van der Waals surface area contributed by atoms with Crippen molar-refractivity contribution in [1.82, 2.24) is 0 Å². The summed E-state index contributed by atoms with van der Waals surface area (Å²) < 4.78 is 5.85. The van der Waals surface area contributed by atoms with Gasteiger partial charge in [0.2, 0.25) is 0 Å². The fourth-order valence-corrected chi connectivity index (χ4v) is 2.47. The van der Waals surface area contributed by atoms with Gasteiger partial charge in [-0.3, -0.25) is 4.79 Å². The van der Waals surface area contributed by atoms with Crippen LogP contribution < -0.4 is 4.74 Å². The van der Waals surface area contributed by atoms with E-state index in [4.69, 9.17) is 4.74 Å². The van der Waals surface area contributed by atoms with Crippen LogP contribution >= 0.6 is 0 Å². The molecule has 0 saturated heterocycles. The van der Waals surface area contributed by atoms with Gasteiger partial charge in [-0.05, 0) is 35.4 Å². The van der Waals surface area contributed by atoms with Crippen LogP contribution in [-0.4, -0.2) is 6.29 Å². The van der Waals surface area contributed by atoms with Gasteiger partial charge < -0.3 is 4.74 Å². The van der Waals surface area contributed by atoms with E-state index in [9.17, 15) is 4.79 Å². The van der Waals surface area contributed by atoms with Crippen LogP contribution in [0.25, 0.3) is 10.8 Å². The Kier molecular flexibility index (Phi) is 3.69. The molecule has 0 aliphatic rings. The zero-order chi connectivity index (χ0) is 14.7. The largest absolute Gasteiger partial charge is 0.488 e. The third kappa shape index (κ3) is 2.79. The molecule has 0 radical (unpaired) electrons. The molecule has 0 atom stereocenters. The predicted molar refractivity (Wildman–Crippen MR) is 84.8 cm³/mol. The minimum Gasteiger partial charge on any atom is -0.488 e. The Morgan fingerprint density at radius 1 is 1.00 bits per heavy atom. The van der Waals surface area contributed by atoms with Crippen LogP contribution in [0.1, 0.15) is 21.5 Å². The molecular weight excluding hydrogens is 260 g/mol. The topological polar surface area (TPSA) is 26.3 Å².